The highest BCUT2D eigenvalue weighted by molar-refractivity contribution is 7.13. The van der Waals surface area contributed by atoms with E-state index in [0.717, 1.165) is 10.1 Å². The number of carbonyl (C=O) groups excluding carboxylic acids is 1. The van der Waals surface area contributed by atoms with Gasteiger partial charge in [-0.1, -0.05) is 18.2 Å². The number of urea groups is 1. The van der Waals surface area contributed by atoms with E-state index in [1.54, 1.807) is 24.4 Å². The molecule has 2 aromatic carbocycles. The quantitative estimate of drug-likeness (QED) is 0.687. The molecule has 3 N–H and O–H groups in total. The van der Waals surface area contributed by atoms with E-state index in [0.29, 0.717) is 5.69 Å². The Balaban J connectivity index is 1.58. The van der Waals surface area contributed by atoms with Gasteiger partial charge < -0.3 is 15.7 Å². The van der Waals surface area contributed by atoms with E-state index in [2.05, 4.69) is 15.0 Å². The average molecular weight is 331 g/mol. The standard InChI is InChI=1S/C16H14FN3O2S/c17-13-4-2-1-3-12(13)14(21)9-18-16(22)20-11-5-6-15-10(7-11)8-19-23-15/h1-8,14,21H,9H2,(H2,18,20,22)/t14-/m1/s1. The van der Waals surface area contributed by atoms with Gasteiger partial charge in [0.15, 0.2) is 0 Å². The van der Waals surface area contributed by atoms with E-state index in [4.69, 9.17) is 0 Å². The molecule has 7 heteroatoms. The SMILES string of the molecule is O=C(NC[C@@H](O)c1ccccc1F)Nc1ccc2sncc2c1. The number of fused-ring (bicyclic) bond motifs is 1. The Kier molecular flexibility index (Phi) is 4.50. The normalized spacial score (nSPS) is 12.1. The first-order valence-corrected chi connectivity index (χ1v) is 7.72. The summed E-state index contributed by atoms with van der Waals surface area (Å²) in [6, 6.07) is 10.9. The number of anilines is 1. The van der Waals surface area contributed by atoms with Crippen LogP contribution in [0, 0.1) is 5.82 Å². The highest BCUT2D eigenvalue weighted by atomic mass is 32.1. The fourth-order valence-electron chi connectivity index (χ4n) is 2.17. The Labute approximate surface area is 135 Å². The van der Waals surface area contributed by atoms with Gasteiger partial charge in [0.1, 0.15) is 5.82 Å². The van der Waals surface area contributed by atoms with Crippen molar-refractivity contribution < 1.29 is 14.3 Å². The van der Waals surface area contributed by atoms with Gasteiger partial charge in [0, 0.05) is 29.4 Å². The van der Waals surface area contributed by atoms with Gasteiger partial charge in [-0.25, -0.2) is 9.18 Å². The van der Waals surface area contributed by atoms with Crippen LogP contribution in [-0.4, -0.2) is 22.1 Å². The van der Waals surface area contributed by atoms with Gasteiger partial charge in [0.2, 0.25) is 0 Å². The van der Waals surface area contributed by atoms with Crippen LogP contribution in [0.4, 0.5) is 14.9 Å². The summed E-state index contributed by atoms with van der Waals surface area (Å²) in [6.07, 6.45) is 0.621. The zero-order valence-electron chi connectivity index (χ0n) is 12.0. The number of aliphatic hydroxyl groups is 1. The summed E-state index contributed by atoms with van der Waals surface area (Å²) >= 11 is 1.38. The maximum Gasteiger partial charge on any atom is 0.319 e. The molecule has 1 aromatic heterocycles. The Hall–Kier alpha value is -2.51. The van der Waals surface area contributed by atoms with Crippen LogP contribution in [0.5, 0.6) is 0 Å². The topological polar surface area (TPSA) is 74.2 Å². The number of benzene rings is 2. The molecule has 2 amide bonds. The van der Waals surface area contributed by atoms with Crippen molar-refractivity contribution in [2.45, 2.75) is 6.10 Å². The number of amides is 2. The van der Waals surface area contributed by atoms with Crippen LogP contribution in [0.25, 0.3) is 10.1 Å². The second-order valence-electron chi connectivity index (χ2n) is 4.95. The molecule has 0 saturated carbocycles. The van der Waals surface area contributed by atoms with Crippen LogP contribution in [0.15, 0.2) is 48.7 Å². The smallest absolute Gasteiger partial charge is 0.319 e. The number of nitrogens with one attached hydrogen (secondary N) is 2. The van der Waals surface area contributed by atoms with Gasteiger partial charge in [-0.3, -0.25) is 0 Å². The van der Waals surface area contributed by atoms with Crippen LogP contribution >= 0.6 is 11.5 Å². The molecule has 0 spiro atoms. The summed E-state index contributed by atoms with van der Waals surface area (Å²) in [6.45, 7) is -0.0883. The molecule has 3 rings (SSSR count). The van der Waals surface area contributed by atoms with Crippen molar-refractivity contribution in [2.24, 2.45) is 0 Å². The molecule has 0 unspecified atom stereocenters. The molecule has 118 valence electrons. The monoisotopic (exact) mass is 331 g/mol. The van der Waals surface area contributed by atoms with Crippen LogP contribution in [0.2, 0.25) is 0 Å². The summed E-state index contributed by atoms with van der Waals surface area (Å²) in [4.78, 5) is 11.9. The number of hydrogen-bond acceptors (Lipinski definition) is 4. The van der Waals surface area contributed by atoms with E-state index >= 15 is 0 Å². The average Bonchev–Trinajstić information content (AvgIpc) is 3.01. The lowest BCUT2D eigenvalue weighted by molar-refractivity contribution is 0.170. The number of halogens is 1. The van der Waals surface area contributed by atoms with Crippen LogP contribution in [0.3, 0.4) is 0 Å². The minimum absolute atomic E-state index is 0.0883. The molecule has 1 atom stereocenters. The molecular formula is C16H14FN3O2S. The lowest BCUT2D eigenvalue weighted by Gasteiger charge is -2.13. The van der Waals surface area contributed by atoms with E-state index in [9.17, 15) is 14.3 Å². The number of aliphatic hydroxyl groups excluding tert-OH is 1. The lowest BCUT2D eigenvalue weighted by Crippen LogP contribution is -2.32. The van der Waals surface area contributed by atoms with Gasteiger partial charge in [0.05, 0.1) is 10.8 Å². The van der Waals surface area contributed by atoms with E-state index < -0.39 is 18.0 Å². The van der Waals surface area contributed by atoms with E-state index in [1.165, 1.54) is 23.7 Å². The first-order chi connectivity index (χ1) is 11.1. The van der Waals surface area contributed by atoms with E-state index in [-0.39, 0.29) is 12.1 Å². The zero-order valence-corrected chi connectivity index (χ0v) is 12.8. The third-order valence-electron chi connectivity index (χ3n) is 3.33. The summed E-state index contributed by atoms with van der Waals surface area (Å²) < 4.78 is 18.6. The van der Waals surface area contributed by atoms with Crippen molar-refractivity contribution in [3.05, 3.63) is 60.0 Å². The predicted molar refractivity (Wildman–Crippen MR) is 88.0 cm³/mol. The van der Waals surface area contributed by atoms with E-state index in [1.807, 2.05) is 12.1 Å². The molecule has 0 aliphatic carbocycles. The first-order valence-electron chi connectivity index (χ1n) is 6.95. The number of carbonyl (C=O) groups is 1. The van der Waals surface area contributed by atoms with Gasteiger partial charge >= 0.3 is 6.03 Å². The molecule has 0 bridgehead atoms. The third kappa shape index (κ3) is 3.64. The summed E-state index contributed by atoms with van der Waals surface area (Å²) in [5.41, 5.74) is 0.772. The first kappa shape index (κ1) is 15.4. The fraction of sp³-hybridized carbons (Fsp3) is 0.125. The van der Waals surface area contributed by atoms with Crippen molar-refractivity contribution in [1.29, 1.82) is 0 Å². The fourth-order valence-corrected chi connectivity index (χ4v) is 2.80. The van der Waals surface area contributed by atoms with Gasteiger partial charge in [0.25, 0.3) is 0 Å². The zero-order chi connectivity index (χ0) is 16.2. The number of rotatable bonds is 4. The van der Waals surface area contributed by atoms with Gasteiger partial charge in [-0.15, -0.1) is 0 Å². The van der Waals surface area contributed by atoms with Crippen LogP contribution in [-0.2, 0) is 0 Å². The molecule has 0 aliphatic heterocycles. The summed E-state index contributed by atoms with van der Waals surface area (Å²) in [5, 5.41) is 16.1. The van der Waals surface area contributed by atoms with Crippen LogP contribution < -0.4 is 10.6 Å². The minimum Gasteiger partial charge on any atom is -0.386 e. The second kappa shape index (κ2) is 6.72. The Morgan fingerprint density at radius 1 is 1.30 bits per heavy atom. The van der Waals surface area contributed by atoms with Crippen molar-refractivity contribution in [2.75, 3.05) is 11.9 Å². The van der Waals surface area contributed by atoms with Crippen molar-refractivity contribution in [1.82, 2.24) is 9.69 Å². The Morgan fingerprint density at radius 3 is 2.96 bits per heavy atom. The molecule has 0 fully saturated rings. The number of aromatic nitrogens is 1. The molecule has 5 nitrogen and oxygen atoms in total. The lowest BCUT2D eigenvalue weighted by atomic mass is 10.1. The Bertz CT molecular complexity index is 837. The number of hydrogen-bond donors (Lipinski definition) is 3. The van der Waals surface area contributed by atoms with Crippen LogP contribution in [0.1, 0.15) is 11.7 Å². The summed E-state index contributed by atoms with van der Waals surface area (Å²) in [5.74, 6) is -0.502. The second-order valence-corrected chi connectivity index (χ2v) is 5.78. The van der Waals surface area contributed by atoms with Gasteiger partial charge in [-0.2, -0.15) is 4.37 Å². The predicted octanol–water partition coefficient (Wildman–Crippen LogP) is 3.29. The molecular weight excluding hydrogens is 317 g/mol. The maximum atomic E-state index is 13.5. The molecule has 23 heavy (non-hydrogen) atoms. The molecule has 0 saturated heterocycles. The largest absolute Gasteiger partial charge is 0.386 e. The molecule has 0 radical (unpaired) electrons. The van der Waals surface area contributed by atoms with Crippen molar-refractivity contribution >= 4 is 33.3 Å². The summed E-state index contributed by atoms with van der Waals surface area (Å²) in [7, 11) is 0. The van der Waals surface area contributed by atoms with Crippen molar-refractivity contribution in [3.8, 4) is 0 Å². The van der Waals surface area contributed by atoms with Gasteiger partial charge in [-0.05, 0) is 35.8 Å². The third-order valence-corrected chi connectivity index (χ3v) is 4.11. The van der Waals surface area contributed by atoms with Crippen molar-refractivity contribution in [3.63, 3.8) is 0 Å². The minimum atomic E-state index is -1.11. The number of nitrogens with zero attached hydrogens (tertiary/aromatic N) is 1. The maximum absolute atomic E-state index is 13.5. The highest BCUT2D eigenvalue weighted by Crippen LogP contribution is 2.22. The molecule has 1 heterocycles. The molecule has 3 aromatic rings. The highest BCUT2D eigenvalue weighted by Gasteiger charge is 2.13. The Morgan fingerprint density at radius 2 is 2.13 bits per heavy atom. The molecule has 0 aliphatic rings.